The van der Waals surface area contributed by atoms with Crippen molar-refractivity contribution >= 4 is 33.4 Å². The molecule has 0 aliphatic rings. The Morgan fingerprint density at radius 2 is 1.44 bits per heavy atom. The minimum atomic E-state index is -6.73. The number of ether oxygens (including phenoxy) is 1. The van der Waals surface area contributed by atoms with E-state index in [4.69, 9.17) is 11.0 Å². The number of nitrogens with two attached hydrogens (primary N) is 1. The lowest BCUT2D eigenvalue weighted by Crippen LogP contribution is -2.50. The predicted molar refractivity (Wildman–Crippen MR) is 129 cm³/mol. The van der Waals surface area contributed by atoms with Crippen LogP contribution in [0.15, 0.2) is 53.0 Å². The van der Waals surface area contributed by atoms with Crippen LogP contribution in [0.1, 0.15) is 31.8 Å². The summed E-state index contributed by atoms with van der Waals surface area (Å²) in [4.78, 5) is 24.6. The molecular formula is C25H11BrF11N3O3. The summed E-state index contributed by atoms with van der Waals surface area (Å²) in [5.41, 5.74) is -7.76. The molecule has 0 saturated heterocycles. The predicted octanol–water partition coefficient (Wildman–Crippen LogP) is 7.67. The van der Waals surface area contributed by atoms with Gasteiger partial charge in [-0.3, -0.25) is 9.59 Å². The van der Waals surface area contributed by atoms with Gasteiger partial charge in [-0.15, -0.1) is 13.2 Å². The fourth-order valence-electron chi connectivity index (χ4n) is 3.71. The number of benzene rings is 3. The topological polar surface area (TPSA) is 105 Å². The van der Waals surface area contributed by atoms with Crippen molar-refractivity contribution in [3.63, 3.8) is 0 Å². The van der Waals surface area contributed by atoms with Crippen molar-refractivity contribution in [2.75, 3.05) is 5.32 Å². The number of rotatable bonds is 6. The van der Waals surface area contributed by atoms with Gasteiger partial charge in [-0.05, 0) is 42.5 Å². The van der Waals surface area contributed by atoms with E-state index in [0.717, 1.165) is 24.3 Å². The molecule has 228 valence electrons. The van der Waals surface area contributed by atoms with Gasteiger partial charge in [0, 0.05) is 26.7 Å². The van der Waals surface area contributed by atoms with Crippen LogP contribution in [0.25, 0.3) is 11.1 Å². The average Bonchev–Trinajstić information content (AvgIpc) is 2.87. The van der Waals surface area contributed by atoms with Gasteiger partial charge in [0.2, 0.25) is 0 Å². The summed E-state index contributed by atoms with van der Waals surface area (Å²) in [6.07, 6.45) is -19.3. The van der Waals surface area contributed by atoms with E-state index in [1.807, 2.05) is 5.32 Å². The van der Waals surface area contributed by atoms with E-state index >= 15 is 4.39 Å². The second-order valence-corrected chi connectivity index (χ2v) is 9.24. The van der Waals surface area contributed by atoms with Crippen molar-refractivity contribution in [3.8, 4) is 22.9 Å². The van der Waals surface area contributed by atoms with Crippen molar-refractivity contribution in [2.45, 2.75) is 24.4 Å². The van der Waals surface area contributed by atoms with Gasteiger partial charge in [-0.25, -0.2) is 8.78 Å². The third kappa shape index (κ3) is 6.50. The van der Waals surface area contributed by atoms with E-state index in [1.165, 1.54) is 0 Å². The molecule has 3 N–H and O–H groups in total. The quantitative estimate of drug-likeness (QED) is 0.259. The Morgan fingerprint density at radius 3 is 1.91 bits per heavy atom. The molecule has 0 aliphatic carbocycles. The van der Waals surface area contributed by atoms with Gasteiger partial charge in [-0.1, -0.05) is 22.0 Å². The van der Waals surface area contributed by atoms with Crippen LogP contribution >= 0.6 is 15.9 Å². The van der Waals surface area contributed by atoms with Crippen LogP contribution in [0.3, 0.4) is 0 Å². The van der Waals surface area contributed by atoms with Gasteiger partial charge in [0.05, 0.1) is 22.9 Å². The Balaban J connectivity index is 2.37. The number of hydrogen-bond acceptors (Lipinski definition) is 4. The van der Waals surface area contributed by atoms with E-state index < -0.39 is 86.2 Å². The Bertz CT molecular complexity index is 1610. The molecule has 3 rings (SSSR count). The molecule has 0 atom stereocenters. The molecule has 6 nitrogen and oxygen atoms in total. The molecule has 0 bridgehead atoms. The van der Waals surface area contributed by atoms with Crippen molar-refractivity contribution in [1.29, 1.82) is 5.26 Å². The van der Waals surface area contributed by atoms with Gasteiger partial charge in [-0.2, -0.15) is 31.6 Å². The zero-order valence-corrected chi connectivity index (χ0v) is 22.0. The summed E-state index contributed by atoms with van der Waals surface area (Å²) in [7, 11) is 0. The minimum absolute atomic E-state index is 0.0822. The highest BCUT2D eigenvalue weighted by Crippen LogP contribution is 2.56. The standard InChI is InChI=1S/C25H11BrF11N3O3/c26-15-7-12(22(28,23(29,30)31)24(32,33)34)8-16(43-25(35,36)37)17(15)13-5-6-14(20(39)41)18(27)19(13)40-21(42)11-3-1-10(9-38)2-4-11/h1-8H,(H2,39,41)(H,40,42). The lowest BCUT2D eigenvalue weighted by Gasteiger charge is -2.31. The molecule has 3 aromatic rings. The van der Waals surface area contributed by atoms with Crippen LogP contribution in [0.2, 0.25) is 0 Å². The van der Waals surface area contributed by atoms with E-state index in [2.05, 4.69) is 20.7 Å². The number of amides is 2. The van der Waals surface area contributed by atoms with Gasteiger partial charge in [0.25, 0.3) is 11.8 Å². The SMILES string of the molecule is N#Cc1ccc(C(=O)Nc2c(-c3c(Br)cc(C(F)(C(F)(F)F)C(F)(F)F)cc3OC(F)(F)F)ccc(C(N)=O)c2F)cc1. The zero-order valence-electron chi connectivity index (χ0n) is 20.4. The number of hydrogen-bond donors (Lipinski definition) is 2. The van der Waals surface area contributed by atoms with Crippen LogP contribution in [-0.2, 0) is 5.67 Å². The Hall–Kier alpha value is -4.40. The first-order chi connectivity index (χ1) is 19.6. The molecule has 0 aromatic heterocycles. The van der Waals surface area contributed by atoms with Gasteiger partial charge < -0.3 is 15.8 Å². The third-order valence-electron chi connectivity index (χ3n) is 5.65. The second kappa shape index (κ2) is 11.4. The van der Waals surface area contributed by atoms with Crippen LogP contribution < -0.4 is 15.8 Å². The molecule has 0 spiro atoms. The highest BCUT2D eigenvalue weighted by Gasteiger charge is 2.73. The van der Waals surface area contributed by atoms with E-state index in [1.54, 1.807) is 6.07 Å². The maximum Gasteiger partial charge on any atom is 0.573 e. The minimum Gasteiger partial charge on any atom is -0.405 e. The highest BCUT2D eigenvalue weighted by atomic mass is 79.9. The number of carbonyl (C=O) groups is 2. The molecule has 0 heterocycles. The third-order valence-corrected chi connectivity index (χ3v) is 6.28. The monoisotopic (exact) mass is 689 g/mol. The van der Waals surface area contributed by atoms with Gasteiger partial charge >= 0.3 is 24.4 Å². The molecule has 18 heteroatoms. The number of nitrogens with one attached hydrogen (secondary N) is 1. The molecule has 43 heavy (non-hydrogen) atoms. The normalized spacial score (nSPS) is 12.4. The van der Waals surface area contributed by atoms with E-state index in [-0.39, 0.29) is 17.2 Å². The number of anilines is 1. The summed E-state index contributed by atoms with van der Waals surface area (Å²) in [6.45, 7) is 0. The van der Waals surface area contributed by atoms with Crippen molar-refractivity contribution in [1.82, 2.24) is 0 Å². The number of nitrogens with zero attached hydrogens (tertiary/aromatic N) is 1. The van der Waals surface area contributed by atoms with Crippen LogP contribution in [0, 0.1) is 17.1 Å². The number of halogens is 12. The summed E-state index contributed by atoms with van der Waals surface area (Å²) >= 11 is 2.50. The molecule has 0 radical (unpaired) electrons. The molecule has 2 amide bonds. The Morgan fingerprint density at radius 1 is 0.884 bits per heavy atom. The van der Waals surface area contributed by atoms with Crippen LogP contribution in [-0.4, -0.2) is 30.5 Å². The van der Waals surface area contributed by atoms with Gasteiger partial charge in [0.15, 0.2) is 5.82 Å². The molecule has 0 fully saturated rings. The first kappa shape index (κ1) is 33.1. The molecule has 3 aromatic carbocycles. The van der Waals surface area contributed by atoms with Crippen molar-refractivity contribution < 1.29 is 62.6 Å². The van der Waals surface area contributed by atoms with Crippen molar-refractivity contribution in [3.05, 3.63) is 81.1 Å². The number of alkyl halides is 10. The molecule has 0 aliphatic heterocycles. The summed E-state index contributed by atoms with van der Waals surface area (Å²) in [5, 5.41) is 10.8. The number of nitriles is 1. The summed E-state index contributed by atoms with van der Waals surface area (Å²) in [5.74, 6) is -6.20. The highest BCUT2D eigenvalue weighted by molar-refractivity contribution is 9.10. The lowest BCUT2D eigenvalue weighted by atomic mass is 9.90. The first-order valence-electron chi connectivity index (χ1n) is 11.0. The largest absolute Gasteiger partial charge is 0.573 e. The number of carbonyl (C=O) groups excluding carboxylic acids is 2. The maximum atomic E-state index is 15.5. The first-order valence-corrected chi connectivity index (χ1v) is 11.8. The van der Waals surface area contributed by atoms with Crippen molar-refractivity contribution in [2.24, 2.45) is 5.73 Å². The van der Waals surface area contributed by atoms with Crippen LogP contribution in [0.4, 0.5) is 54.0 Å². The van der Waals surface area contributed by atoms with E-state index in [0.29, 0.717) is 12.1 Å². The Labute approximate surface area is 241 Å². The van der Waals surface area contributed by atoms with E-state index in [9.17, 15) is 53.5 Å². The summed E-state index contributed by atoms with van der Waals surface area (Å²) in [6, 6.07) is 6.73. The van der Waals surface area contributed by atoms with Gasteiger partial charge in [0.1, 0.15) is 5.75 Å². The summed E-state index contributed by atoms with van der Waals surface area (Å²) < 4.78 is 153. The number of primary amides is 1. The molecule has 0 unspecified atom stereocenters. The van der Waals surface area contributed by atoms with Crippen LogP contribution in [0.5, 0.6) is 5.75 Å². The lowest BCUT2D eigenvalue weighted by molar-refractivity contribution is -0.348. The second-order valence-electron chi connectivity index (χ2n) is 8.39. The Kier molecular flexibility index (Phi) is 8.74. The zero-order chi connectivity index (χ0) is 32.7. The fourth-order valence-corrected chi connectivity index (χ4v) is 4.37. The fraction of sp³-hybridized carbons (Fsp3) is 0.160. The molecular weight excluding hydrogens is 679 g/mol. The molecule has 0 saturated carbocycles. The average molecular weight is 690 g/mol. The maximum absolute atomic E-state index is 15.5. The smallest absolute Gasteiger partial charge is 0.405 e.